The highest BCUT2D eigenvalue weighted by atomic mass is 16.4. The highest BCUT2D eigenvalue weighted by Gasteiger charge is 2.27. The fourth-order valence-electron chi connectivity index (χ4n) is 10.3. The maximum Gasteiger partial charge on any atom is 0.208 e. The molecule has 7 heteroatoms. The molecule has 0 atom stereocenters. The first kappa shape index (κ1) is 44.2. The summed E-state index contributed by atoms with van der Waals surface area (Å²) < 4.78 is 2.26. The van der Waals surface area contributed by atoms with Crippen LogP contribution in [0.2, 0.25) is 0 Å². The molecule has 0 spiro atoms. The molecule has 0 saturated heterocycles. The summed E-state index contributed by atoms with van der Waals surface area (Å²) in [5.74, 6) is -4.38. The second kappa shape index (κ2) is 18.4. The average Bonchev–Trinajstić information content (AvgIpc) is 3.79. The predicted molar refractivity (Wildman–Crippen MR) is 296 cm³/mol. The van der Waals surface area contributed by atoms with Crippen molar-refractivity contribution in [3.63, 3.8) is 0 Å². The summed E-state index contributed by atoms with van der Waals surface area (Å²) >= 11 is 0. The van der Waals surface area contributed by atoms with E-state index in [9.17, 15) is 25.5 Å². The number of phenolic OH excluding ortho intramolecular Hbond substituents is 5. The van der Waals surface area contributed by atoms with Gasteiger partial charge in [-0.25, -0.2) is 0 Å². The van der Waals surface area contributed by atoms with Crippen molar-refractivity contribution in [3.8, 4) is 101 Å². The molecule has 0 amide bonds. The van der Waals surface area contributed by atoms with Crippen molar-refractivity contribution >= 4 is 38.9 Å². The summed E-state index contributed by atoms with van der Waals surface area (Å²) in [6.45, 7) is 0. The number of para-hydroxylation sites is 2. The molecule has 0 unspecified atom stereocenters. The van der Waals surface area contributed by atoms with Crippen molar-refractivity contribution in [3.05, 3.63) is 249 Å². The fourth-order valence-corrected chi connectivity index (χ4v) is 10.3. The molecule has 0 bridgehead atoms. The lowest BCUT2D eigenvalue weighted by atomic mass is 9.92. The number of aromatic hydroxyl groups is 5. The van der Waals surface area contributed by atoms with Crippen molar-refractivity contribution in [2.24, 2.45) is 0 Å². The molecular weight excluding hydrogens is 901 g/mol. The van der Waals surface area contributed by atoms with Crippen LogP contribution < -0.4 is 4.90 Å². The van der Waals surface area contributed by atoms with E-state index in [1.54, 1.807) is 12.1 Å². The molecule has 0 fully saturated rings. The maximum absolute atomic E-state index is 11.0. The molecular formula is C66H46N2O5. The Hall–Kier alpha value is -9.98. The molecule has 5 N–H and O–H groups in total. The lowest BCUT2D eigenvalue weighted by Crippen LogP contribution is -2.11. The zero-order valence-corrected chi connectivity index (χ0v) is 39.3. The van der Waals surface area contributed by atoms with Crippen LogP contribution in [0.5, 0.6) is 28.7 Å². The first-order valence-electron chi connectivity index (χ1n) is 24.0. The quantitative estimate of drug-likeness (QED) is 0.0690. The molecule has 0 saturated carbocycles. The first-order valence-corrected chi connectivity index (χ1v) is 24.0. The largest absolute Gasteiger partial charge is 0.504 e. The molecule has 0 aliphatic carbocycles. The van der Waals surface area contributed by atoms with E-state index in [4.69, 9.17) is 0 Å². The lowest BCUT2D eigenvalue weighted by molar-refractivity contribution is 0.330. The third-order valence-corrected chi connectivity index (χ3v) is 13.8. The third kappa shape index (κ3) is 7.82. The predicted octanol–water partition coefficient (Wildman–Crippen LogP) is 16.8. The Morgan fingerprint density at radius 1 is 0.274 bits per heavy atom. The number of fused-ring (bicyclic) bond motifs is 3. The number of phenols is 5. The van der Waals surface area contributed by atoms with Crippen LogP contribution in [0.1, 0.15) is 0 Å². The Labute approximate surface area is 421 Å². The second-order valence-electron chi connectivity index (χ2n) is 18.0. The lowest BCUT2D eigenvalue weighted by Gasteiger charge is -2.29. The van der Waals surface area contributed by atoms with Gasteiger partial charge in [0, 0.05) is 33.4 Å². The van der Waals surface area contributed by atoms with Gasteiger partial charge in [0.25, 0.3) is 0 Å². The molecule has 1 aromatic heterocycles. The topological polar surface area (TPSA) is 109 Å². The van der Waals surface area contributed by atoms with Crippen LogP contribution >= 0.6 is 0 Å². The summed E-state index contributed by atoms with van der Waals surface area (Å²) in [4.78, 5) is 2.37. The zero-order valence-electron chi connectivity index (χ0n) is 39.3. The van der Waals surface area contributed by atoms with E-state index in [0.717, 1.165) is 94.6 Å². The molecule has 0 radical (unpaired) electrons. The number of benzene rings is 11. The van der Waals surface area contributed by atoms with E-state index in [1.165, 1.54) is 0 Å². The molecule has 0 aliphatic heterocycles. The van der Waals surface area contributed by atoms with Crippen molar-refractivity contribution in [2.75, 3.05) is 4.90 Å². The molecule has 12 aromatic rings. The molecule has 1 heterocycles. The van der Waals surface area contributed by atoms with Crippen LogP contribution in [0, 0.1) is 0 Å². The minimum Gasteiger partial charge on any atom is -0.504 e. The van der Waals surface area contributed by atoms with Gasteiger partial charge in [-0.15, -0.1) is 0 Å². The molecule has 0 aliphatic rings. The molecule has 7 nitrogen and oxygen atoms in total. The van der Waals surface area contributed by atoms with Crippen LogP contribution in [0.4, 0.5) is 17.1 Å². The van der Waals surface area contributed by atoms with Crippen LogP contribution in [0.15, 0.2) is 249 Å². The van der Waals surface area contributed by atoms with Gasteiger partial charge in [-0.2, -0.15) is 0 Å². The van der Waals surface area contributed by atoms with Gasteiger partial charge in [0.2, 0.25) is 17.2 Å². The van der Waals surface area contributed by atoms with E-state index in [0.29, 0.717) is 11.1 Å². The van der Waals surface area contributed by atoms with E-state index >= 15 is 0 Å². The minimum atomic E-state index is -1.01. The molecule has 73 heavy (non-hydrogen) atoms. The highest BCUT2D eigenvalue weighted by Crippen LogP contribution is 2.56. The van der Waals surface area contributed by atoms with Crippen LogP contribution in [0.25, 0.3) is 94.3 Å². The Morgan fingerprint density at radius 2 is 0.726 bits per heavy atom. The number of rotatable bonds is 10. The van der Waals surface area contributed by atoms with Gasteiger partial charge >= 0.3 is 0 Å². The highest BCUT2D eigenvalue weighted by molar-refractivity contribution is 6.11. The SMILES string of the molecule is Oc1c(O)c(O)c(-c2ccccc2-c2cccc(-n3c4ccccc4c4ccc(-c5ccccc5-c5ccccc5N(c5cccc(-c6ccccc6)c5)c5cccc(-c6ccccc6)c5)cc43)c2)c(O)c1O. The first-order chi connectivity index (χ1) is 35.8. The summed E-state index contributed by atoms with van der Waals surface area (Å²) in [6, 6.07) is 85.8. The van der Waals surface area contributed by atoms with Crippen LogP contribution in [-0.4, -0.2) is 30.1 Å². The Kier molecular flexibility index (Phi) is 11.2. The van der Waals surface area contributed by atoms with Gasteiger partial charge in [0.05, 0.1) is 22.3 Å². The number of anilines is 3. The minimum absolute atomic E-state index is 0.208. The molecule has 12 rings (SSSR count). The fraction of sp³-hybridized carbons (Fsp3) is 0. The van der Waals surface area contributed by atoms with Gasteiger partial charge in [-0.3, -0.25) is 0 Å². The van der Waals surface area contributed by atoms with Gasteiger partial charge < -0.3 is 35.0 Å². The van der Waals surface area contributed by atoms with E-state index in [-0.39, 0.29) is 5.56 Å². The van der Waals surface area contributed by atoms with Gasteiger partial charge in [-0.05, 0) is 110 Å². The Balaban J connectivity index is 1.01. The summed E-state index contributed by atoms with van der Waals surface area (Å²) in [5.41, 5.74) is 16.2. The third-order valence-electron chi connectivity index (χ3n) is 13.8. The van der Waals surface area contributed by atoms with Gasteiger partial charge in [0.1, 0.15) is 0 Å². The van der Waals surface area contributed by atoms with E-state index < -0.39 is 28.7 Å². The molecule has 11 aromatic carbocycles. The average molecular weight is 947 g/mol. The normalized spacial score (nSPS) is 11.3. The molecule has 350 valence electrons. The van der Waals surface area contributed by atoms with Crippen molar-refractivity contribution in [1.29, 1.82) is 0 Å². The van der Waals surface area contributed by atoms with Crippen molar-refractivity contribution < 1.29 is 25.5 Å². The Bertz CT molecular complexity index is 3940. The second-order valence-corrected chi connectivity index (χ2v) is 18.0. The number of aromatic nitrogens is 1. The van der Waals surface area contributed by atoms with Crippen LogP contribution in [-0.2, 0) is 0 Å². The standard InChI is InChI=1S/C66H46N2O5/c69-62-61(63(70)65(72)66(73)64(62)71)57-33-10-8-29-52(57)46-24-17-27-50(40-46)68-59-35-14-12-32-55(59)56-37-36-47(41-60(56)68)51-28-7-9-30-53(51)54-31-11-13-34-58(54)67(48-25-15-22-44(38-48)42-18-3-1-4-19-42)49-26-16-23-45(39-49)43-20-5-2-6-21-43/h1-41,69-73H. The monoisotopic (exact) mass is 946 g/mol. The number of hydrogen-bond donors (Lipinski definition) is 5. The van der Waals surface area contributed by atoms with Crippen molar-refractivity contribution in [2.45, 2.75) is 0 Å². The van der Waals surface area contributed by atoms with Gasteiger partial charge in [0.15, 0.2) is 11.5 Å². The number of nitrogens with zero attached hydrogens (tertiary/aromatic N) is 2. The summed E-state index contributed by atoms with van der Waals surface area (Å²) in [6.07, 6.45) is 0. The maximum atomic E-state index is 11.0. The van der Waals surface area contributed by atoms with Gasteiger partial charge in [-0.1, -0.05) is 194 Å². The van der Waals surface area contributed by atoms with Crippen molar-refractivity contribution in [1.82, 2.24) is 4.57 Å². The smallest absolute Gasteiger partial charge is 0.208 e. The number of hydrogen-bond acceptors (Lipinski definition) is 6. The van der Waals surface area contributed by atoms with E-state index in [2.05, 4.69) is 198 Å². The summed E-state index contributed by atoms with van der Waals surface area (Å²) in [5, 5.41) is 55.4. The van der Waals surface area contributed by atoms with E-state index in [1.807, 2.05) is 48.5 Å². The van der Waals surface area contributed by atoms with Crippen LogP contribution in [0.3, 0.4) is 0 Å². The zero-order chi connectivity index (χ0) is 49.6. The summed E-state index contributed by atoms with van der Waals surface area (Å²) in [7, 11) is 0. The Morgan fingerprint density at radius 3 is 1.37 bits per heavy atom.